The molecule has 3 rings (SSSR count). The summed E-state index contributed by atoms with van der Waals surface area (Å²) >= 11 is 0. The number of halogens is 1. The van der Waals surface area contributed by atoms with Gasteiger partial charge in [0.2, 0.25) is 11.8 Å². The van der Waals surface area contributed by atoms with Crippen molar-refractivity contribution in [3.05, 3.63) is 71.5 Å². The van der Waals surface area contributed by atoms with Gasteiger partial charge in [-0.3, -0.25) is 14.4 Å². The van der Waals surface area contributed by atoms with Crippen molar-refractivity contribution in [3.63, 3.8) is 0 Å². The Morgan fingerprint density at radius 1 is 1.00 bits per heavy atom. The van der Waals surface area contributed by atoms with Gasteiger partial charge in [0.25, 0.3) is 5.91 Å². The minimum absolute atomic E-state index is 0.0163. The molecule has 0 saturated carbocycles. The van der Waals surface area contributed by atoms with Crippen LogP contribution in [0.1, 0.15) is 55.5 Å². The predicted octanol–water partition coefficient (Wildman–Crippen LogP) is 3.71. The largest absolute Gasteiger partial charge is 0.352 e. The summed E-state index contributed by atoms with van der Waals surface area (Å²) in [6.45, 7) is 5.01. The summed E-state index contributed by atoms with van der Waals surface area (Å²) in [6.07, 6.45) is 3.18. The summed E-state index contributed by atoms with van der Waals surface area (Å²) in [5.41, 5.74) is 1.44. The van der Waals surface area contributed by atoms with Gasteiger partial charge in [-0.05, 0) is 68.4 Å². The van der Waals surface area contributed by atoms with Crippen LogP contribution >= 0.6 is 0 Å². The van der Waals surface area contributed by atoms with Gasteiger partial charge in [-0.1, -0.05) is 37.3 Å². The van der Waals surface area contributed by atoms with Crippen LogP contribution in [-0.2, 0) is 16.0 Å². The highest BCUT2D eigenvalue weighted by Gasteiger charge is 2.34. The van der Waals surface area contributed by atoms with Crippen molar-refractivity contribution in [2.24, 2.45) is 5.92 Å². The first-order valence-electron chi connectivity index (χ1n) is 12.1. The lowest BCUT2D eigenvalue weighted by Gasteiger charge is -2.36. The van der Waals surface area contributed by atoms with Gasteiger partial charge in [0.1, 0.15) is 11.9 Å². The van der Waals surface area contributed by atoms with Gasteiger partial charge < -0.3 is 15.5 Å². The number of carbonyl (C=O) groups excluding carboxylic acids is 3. The number of likely N-dealkylation sites (tertiary alicyclic amines) is 1. The van der Waals surface area contributed by atoms with Crippen LogP contribution in [0.4, 0.5) is 4.39 Å². The maximum absolute atomic E-state index is 13.2. The Labute approximate surface area is 200 Å². The summed E-state index contributed by atoms with van der Waals surface area (Å²) < 4.78 is 13.2. The van der Waals surface area contributed by atoms with E-state index in [2.05, 4.69) is 10.6 Å². The van der Waals surface area contributed by atoms with E-state index in [0.29, 0.717) is 44.3 Å². The van der Waals surface area contributed by atoms with Crippen LogP contribution in [0.25, 0.3) is 0 Å². The lowest BCUT2D eigenvalue weighted by molar-refractivity contribution is -0.133. The molecule has 1 fully saturated rings. The first-order chi connectivity index (χ1) is 16.4. The Hall–Kier alpha value is -3.22. The molecule has 2 aromatic rings. The maximum Gasteiger partial charge on any atom is 0.251 e. The topological polar surface area (TPSA) is 78.5 Å². The minimum Gasteiger partial charge on any atom is -0.352 e. The van der Waals surface area contributed by atoms with E-state index in [4.69, 9.17) is 0 Å². The highest BCUT2D eigenvalue weighted by molar-refractivity contribution is 5.97. The number of piperidine rings is 1. The second kappa shape index (κ2) is 12.3. The van der Waals surface area contributed by atoms with Gasteiger partial charge in [-0.25, -0.2) is 4.39 Å². The van der Waals surface area contributed by atoms with E-state index in [1.807, 2.05) is 49.1 Å². The fourth-order valence-corrected chi connectivity index (χ4v) is 4.19. The SMILES string of the molecule is CC[C@H](C)NC(=O)[C@H](NC(=O)c1ccc(F)cc1)C1CCN(C(=O)CCc2ccccc2)CC1. The molecular formula is C27H34FN3O3. The van der Waals surface area contributed by atoms with Crippen molar-refractivity contribution in [2.75, 3.05) is 13.1 Å². The van der Waals surface area contributed by atoms with E-state index < -0.39 is 17.8 Å². The van der Waals surface area contributed by atoms with Gasteiger partial charge in [0, 0.05) is 31.1 Å². The van der Waals surface area contributed by atoms with E-state index in [1.54, 1.807) is 0 Å². The van der Waals surface area contributed by atoms with Crippen LogP contribution in [0.5, 0.6) is 0 Å². The minimum atomic E-state index is -0.715. The Kier molecular flexibility index (Phi) is 9.19. The smallest absolute Gasteiger partial charge is 0.251 e. The molecule has 0 radical (unpaired) electrons. The number of nitrogens with zero attached hydrogens (tertiary/aromatic N) is 1. The first-order valence-corrected chi connectivity index (χ1v) is 12.1. The molecule has 0 spiro atoms. The van der Waals surface area contributed by atoms with Crippen LogP contribution in [0.2, 0.25) is 0 Å². The van der Waals surface area contributed by atoms with Gasteiger partial charge in [0.15, 0.2) is 0 Å². The number of carbonyl (C=O) groups is 3. The van der Waals surface area contributed by atoms with Crippen molar-refractivity contribution in [1.82, 2.24) is 15.5 Å². The second-order valence-corrected chi connectivity index (χ2v) is 8.98. The highest BCUT2D eigenvalue weighted by Crippen LogP contribution is 2.23. The summed E-state index contributed by atoms with van der Waals surface area (Å²) in [7, 11) is 0. The number of hydrogen-bond acceptors (Lipinski definition) is 3. The van der Waals surface area contributed by atoms with Crippen LogP contribution in [0.3, 0.4) is 0 Å². The molecule has 182 valence electrons. The molecule has 0 unspecified atom stereocenters. The third-order valence-corrected chi connectivity index (χ3v) is 6.51. The normalized spacial score (nSPS) is 15.9. The Morgan fingerprint density at radius 2 is 1.65 bits per heavy atom. The molecule has 2 atom stereocenters. The Balaban J connectivity index is 1.61. The van der Waals surface area contributed by atoms with Gasteiger partial charge in [0.05, 0.1) is 0 Å². The number of nitrogens with one attached hydrogen (secondary N) is 2. The molecule has 0 aromatic heterocycles. The second-order valence-electron chi connectivity index (χ2n) is 8.98. The van der Waals surface area contributed by atoms with Crippen molar-refractivity contribution in [1.29, 1.82) is 0 Å². The standard InChI is InChI=1S/C27H34FN3O3/c1-3-19(2)29-27(34)25(30-26(33)22-10-12-23(28)13-11-22)21-15-17-31(18-16-21)24(32)14-9-20-7-5-4-6-8-20/h4-8,10-13,19,21,25H,3,9,14-18H2,1-2H3,(H,29,34)(H,30,33)/t19-,25+/m0/s1. The molecule has 1 saturated heterocycles. The number of hydrogen-bond donors (Lipinski definition) is 2. The number of aryl methyl sites for hydroxylation is 1. The molecule has 0 bridgehead atoms. The molecule has 1 aliphatic heterocycles. The van der Waals surface area contributed by atoms with Crippen LogP contribution in [0, 0.1) is 11.7 Å². The van der Waals surface area contributed by atoms with Crippen LogP contribution in [0.15, 0.2) is 54.6 Å². The van der Waals surface area contributed by atoms with Gasteiger partial charge >= 0.3 is 0 Å². The van der Waals surface area contributed by atoms with Gasteiger partial charge in [-0.2, -0.15) is 0 Å². The molecule has 3 amide bonds. The third kappa shape index (κ3) is 7.14. The van der Waals surface area contributed by atoms with E-state index in [9.17, 15) is 18.8 Å². The van der Waals surface area contributed by atoms with E-state index in [0.717, 1.165) is 12.0 Å². The van der Waals surface area contributed by atoms with E-state index in [-0.39, 0.29) is 23.8 Å². The Bertz CT molecular complexity index is 957. The zero-order chi connectivity index (χ0) is 24.5. The first kappa shape index (κ1) is 25.4. The fourth-order valence-electron chi connectivity index (χ4n) is 4.19. The molecule has 7 heteroatoms. The Morgan fingerprint density at radius 3 is 2.26 bits per heavy atom. The molecule has 2 N–H and O–H groups in total. The zero-order valence-electron chi connectivity index (χ0n) is 19.9. The molecule has 1 aliphatic rings. The predicted molar refractivity (Wildman–Crippen MR) is 130 cm³/mol. The number of benzene rings is 2. The molecule has 34 heavy (non-hydrogen) atoms. The summed E-state index contributed by atoms with van der Waals surface area (Å²) in [5.74, 6) is -1.04. The van der Waals surface area contributed by atoms with Crippen LogP contribution in [-0.4, -0.2) is 47.8 Å². The molecule has 6 nitrogen and oxygen atoms in total. The van der Waals surface area contributed by atoms with Gasteiger partial charge in [-0.15, -0.1) is 0 Å². The monoisotopic (exact) mass is 467 g/mol. The highest BCUT2D eigenvalue weighted by atomic mass is 19.1. The molecule has 0 aliphatic carbocycles. The average Bonchev–Trinajstić information content (AvgIpc) is 2.86. The van der Waals surface area contributed by atoms with E-state index in [1.165, 1.54) is 24.3 Å². The van der Waals surface area contributed by atoms with E-state index >= 15 is 0 Å². The fraction of sp³-hybridized carbons (Fsp3) is 0.444. The summed E-state index contributed by atoms with van der Waals surface area (Å²) in [4.78, 5) is 40.4. The molecule has 1 heterocycles. The number of amides is 3. The summed E-state index contributed by atoms with van der Waals surface area (Å²) in [5, 5.41) is 5.84. The third-order valence-electron chi connectivity index (χ3n) is 6.51. The molecule has 2 aromatic carbocycles. The average molecular weight is 468 g/mol. The maximum atomic E-state index is 13.2. The van der Waals surface area contributed by atoms with Crippen LogP contribution < -0.4 is 10.6 Å². The van der Waals surface area contributed by atoms with Crippen molar-refractivity contribution in [2.45, 2.75) is 58.0 Å². The van der Waals surface area contributed by atoms with Crippen molar-refractivity contribution in [3.8, 4) is 0 Å². The quantitative estimate of drug-likeness (QED) is 0.590. The van der Waals surface area contributed by atoms with Crippen molar-refractivity contribution < 1.29 is 18.8 Å². The molecular weight excluding hydrogens is 433 g/mol. The lowest BCUT2D eigenvalue weighted by atomic mass is 9.88. The lowest BCUT2D eigenvalue weighted by Crippen LogP contribution is -2.55. The zero-order valence-corrected chi connectivity index (χ0v) is 19.9. The van der Waals surface area contributed by atoms with Crippen molar-refractivity contribution >= 4 is 17.7 Å². The summed E-state index contributed by atoms with van der Waals surface area (Å²) in [6, 6.07) is 14.5. The number of rotatable bonds is 9.